The van der Waals surface area contributed by atoms with Crippen LogP contribution in [0.15, 0.2) is 23.1 Å². The van der Waals surface area contributed by atoms with E-state index in [1.807, 2.05) is 13.8 Å². The molecule has 0 amide bonds. The summed E-state index contributed by atoms with van der Waals surface area (Å²) >= 11 is 0. The van der Waals surface area contributed by atoms with Gasteiger partial charge in [-0.05, 0) is 23.6 Å². The lowest BCUT2D eigenvalue weighted by Crippen LogP contribution is -2.41. The molecule has 1 aromatic rings. The Hall–Kier alpha value is -1.02. The van der Waals surface area contributed by atoms with E-state index in [-0.39, 0.29) is 24.0 Å². The second-order valence-corrected chi connectivity index (χ2v) is 6.58. The summed E-state index contributed by atoms with van der Waals surface area (Å²) in [4.78, 5) is -0.378. The number of benzene rings is 1. The Balaban J connectivity index is 3.04. The van der Waals surface area contributed by atoms with Gasteiger partial charge in [0, 0.05) is 19.7 Å². The van der Waals surface area contributed by atoms with Crippen LogP contribution in [-0.2, 0) is 21.3 Å². The zero-order chi connectivity index (χ0) is 15.3. The molecule has 0 bridgehead atoms. The average Bonchev–Trinajstić information content (AvgIpc) is 2.37. The SMILES string of the molecule is COCC(NS(=O)(=O)c1ccc(CN)cc1F)C(C)C. The van der Waals surface area contributed by atoms with Gasteiger partial charge in [-0.1, -0.05) is 19.9 Å². The largest absolute Gasteiger partial charge is 0.383 e. The maximum atomic E-state index is 13.9. The van der Waals surface area contributed by atoms with Crippen LogP contribution in [0, 0.1) is 11.7 Å². The molecule has 7 heteroatoms. The Morgan fingerprint density at radius 3 is 2.50 bits per heavy atom. The summed E-state index contributed by atoms with van der Waals surface area (Å²) in [6.07, 6.45) is 0. The van der Waals surface area contributed by atoms with Crippen LogP contribution in [0.4, 0.5) is 4.39 Å². The minimum atomic E-state index is -3.93. The summed E-state index contributed by atoms with van der Waals surface area (Å²) in [6, 6.07) is 3.44. The molecule has 3 N–H and O–H groups in total. The van der Waals surface area contributed by atoms with Crippen molar-refractivity contribution in [2.24, 2.45) is 11.7 Å². The summed E-state index contributed by atoms with van der Waals surface area (Å²) in [5.41, 5.74) is 5.93. The number of nitrogens with two attached hydrogens (primary N) is 1. The zero-order valence-electron chi connectivity index (χ0n) is 11.9. The van der Waals surface area contributed by atoms with Gasteiger partial charge in [-0.15, -0.1) is 0 Å². The van der Waals surface area contributed by atoms with Gasteiger partial charge in [-0.25, -0.2) is 17.5 Å². The molecule has 5 nitrogen and oxygen atoms in total. The molecule has 0 fully saturated rings. The van der Waals surface area contributed by atoms with E-state index in [9.17, 15) is 12.8 Å². The molecule has 1 unspecified atom stereocenters. The van der Waals surface area contributed by atoms with E-state index in [2.05, 4.69) is 4.72 Å². The summed E-state index contributed by atoms with van der Waals surface area (Å²) < 4.78 is 45.7. The van der Waals surface area contributed by atoms with Gasteiger partial charge in [-0.2, -0.15) is 0 Å². The summed E-state index contributed by atoms with van der Waals surface area (Å²) in [5.74, 6) is -0.781. The first-order valence-corrected chi connectivity index (χ1v) is 7.80. The van der Waals surface area contributed by atoms with Crippen molar-refractivity contribution in [3.8, 4) is 0 Å². The first kappa shape index (κ1) is 17.0. The van der Waals surface area contributed by atoms with Crippen molar-refractivity contribution < 1.29 is 17.5 Å². The number of hydrogen-bond acceptors (Lipinski definition) is 4. The number of hydrogen-bond donors (Lipinski definition) is 2. The second kappa shape index (κ2) is 7.12. The lowest BCUT2D eigenvalue weighted by atomic mass is 10.1. The van der Waals surface area contributed by atoms with Gasteiger partial charge in [0.05, 0.1) is 6.61 Å². The fourth-order valence-electron chi connectivity index (χ4n) is 1.69. The maximum absolute atomic E-state index is 13.9. The van der Waals surface area contributed by atoms with Crippen molar-refractivity contribution in [3.63, 3.8) is 0 Å². The van der Waals surface area contributed by atoms with Crippen molar-refractivity contribution in [2.75, 3.05) is 13.7 Å². The van der Waals surface area contributed by atoms with Gasteiger partial charge < -0.3 is 10.5 Å². The van der Waals surface area contributed by atoms with Crippen molar-refractivity contribution in [1.82, 2.24) is 4.72 Å². The van der Waals surface area contributed by atoms with Gasteiger partial charge in [0.1, 0.15) is 10.7 Å². The predicted molar refractivity (Wildman–Crippen MR) is 75.1 cm³/mol. The topological polar surface area (TPSA) is 81.4 Å². The minimum absolute atomic E-state index is 0.0242. The molecule has 1 atom stereocenters. The molecule has 0 aliphatic rings. The molecule has 20 heavy (non-hydrogen) atoms. The lowest BCUT2D eigenvalue weighted by Gasteiger charge is -2.21. The van der Waals surface area contributed by atoms with Crippen LogP contribution in [0.1, 0.15) is 19.4 Å². The Bertz CT molecular complexity index is 547. The highest BCUT2D eigenvalue weighted by Crippen LogP contribution is 2.17. The molecule has 0 aliphatic heterocycles. The van der Waals surface area contributed by atoms with Gasteiger partial charge >= 0.3 is 0 Å². The maximum Gasteiger partial charge on any atom is 0.243 e. The van der Waals surface area contributed by atoms with E-state index in [4.69, 9.17) is 10.5 Å². The van der Waals surface area contributed by atoms with Gasteiger partial charge in [-0.3, -0.25) is 0 Å². The van der Waals surface area contributed by atoms with Crippen LogP contribution in [0.5, 0.6) is 0 Å². The monoisotopic (exact) mass is 304 g/mol. The number of methoxy groups -OCH3 is 1. The van der Waals surface area contributed by atoms with E-state index >= 15 is 0 Å². The van der Waals surface area contributed by atoms with Crippen LogP contribution < -0.4 is 10.5 Å². The summed E-state index contributed by atoms with van der Waals surface area (Å²) in [7, 11) is -2.44. The molecule has 0 aliphatic carbocycles. The highest BCUT2D eigenvalue weighted by atomic mass is 32.2. The van der Waals surface area contributed by atoms with Crippen molar-refractivity contribution >= 4 is 10.0 Å². The number of ether oxygens (including phenoxy) is 1. The minimum Gasteiger partial charge on any atom is -0.383 e. The molecule has 1 aromatic carbocycles. The standard InChI is InChI=1S/C13H21FN2O3S/c1-9(2)12(8-19-3)16-20(17,18)13-5-4-10(7-15)6-11(13)14/h4-6,9,12,16H,7-8,15H2,1-3H3. The third kappa shape index (κ3) is 4.24. The Kier molecular flexibility index (Phi) is 6.07. The fourth-order valence-corrected chi connectivity index (χ4v) is 3.12. The smallest absolute Gasteiger partial charge is 0.243 e. The molecule has 0 saturated carbocycles. The molecular formula is C13H21FN2O3S. The molecule has 0 radical (unpaired) electrons. The summed E-state index contributed by atoms with van der Waals surface area (Å²) in [5, 5.41) is 0. The first-order chi connectivity index (χ1) is 9.31. The summed E-state index contributed by atoms with van der Waals surface area (Å²) in [6.45, 7) is 4.10. The normalized spacial score (nSPS) is 13.7. The third-order valence-electron chi connectivity index (χ3n) is 2.98. The van der Waals surface area contributed by atoms with E-state index in [0.29, 0.717) is 5.56 Å². The second-order valence-electron chi connectivity index (χ2n) is 4.90. The molecule has 114 valence electrons. The number of sulfonamides is 1. The molecule has 1 rings (SSSR count). The van der Waals surface area contributed by atoms with Gasteiger partial charge in [0.15, 0.2) is 0 Å². The Morgan fingerprint density at radius 2 is 2.05 bits per heavy atom. The highest BCUT2D eigenvalue weighted by Gasteiger charge is 2.25. The van der Waals surface area contributed by atoms with E-state index in [0.717, 1.165) is 6.07 Å². The van der Waals surface area contributed by atoms with Crippen LogP contribution in [0.25, 0.3) is 0 Å². The van der Waals surface area contributed by atoms with E-state index in [1.54, 1.807) is 0 Å². The average molecular weight is 304 g/mol. The van der Waals surface area contributed by atoms with Crippen molar-refractivity contribution in [1.29, 1.82) is 0 Å². The Labute approximate surface area is 119 Å². The van der Waals surface area contributed by atoms with Crippen molar-refractivity contribution in [2.45, 2.75) is 31.3 Å². The fraction of sp³-hybridized carbons (Fsp3) is 0.538. The predicted octanol–water partition coefficient (Wildman–Crippen LogP) is 1.23. The van der Waals surface area contributed by atoms with Crippen molar-refractivity contribution in [3.05, 3.63) is 29.6 Å². The third-order valence-corrected chi connectivity index (χ3v) is 4.50. The molecular weight excluding hydrogens is 283 g/mol. The molecule has 0 aromatic heterocycles. The number of rotatable bonds is 7. The number of nitrogens with one attached hydrogen (secondary N) is 1. The number of halogens is 1. The Morgan fingerprint density at radius 1 is 1.40 bits per heavy atom. The molecule has 0 spiro atoms. The zero-order valence-corrected chi connectivity index (χ0v) is 12.7. The van der Waals surface area contributed by atoms with E-state index < -0.39 is 21.9 Å². The quantitative estimate of drug-likeness (QED) is 0.794. The molecule has 0 saturated heterocycles. The first-order valence-electron chi connectivity index (χ1n) is 6.31. The van der Waals surface area contributed by atoms with E-state index in [1.165, 1.54) is 19.2 Å². The van der Waals surface area contributed by atoms with Gasteiger partial charge in [0.2, 0.25) is 10.0 Å². The molecule has 0 heterocycles. The lowest BCUT2D eigenvalue weighted by molar-refractivity contribution is 0.157. The van der Waals surface area contributed by atoms with Gasteiger partial charge in [0.25, 0.3) is 0 Å². The highest BCUT2D eigenvalue weighted by molar-refractivity contribution is 7.89. The van der Waals surface area contributed by atoms with Crippen LogP contribution >= 0.6 is 0 Å². The van der Waals surface area contributed by atoms with Crippen LogP contribution in [0.2, 0.25) is 0 Å². The van der Waals surface area contributed by atoms with Crippen LogP contribution in [0.3, 0.4) is 0 Å². The van der Waals surface area contributed by atoms with Crippen LogP contribution in [-0.4, -0.2) is 28.2 Å².